The molecule has 544 valence electrons. The highest BCUT2D eigenvalue weighted by molar-refractivity contribution is 7.07. The van der Waals surface area contributed by atoms with Crippen LogP contribution in [-0.4, -0.2) is 81.8 Å². The minimum absolute atomic E-state index is 0. The second kappa shape index (κ2) is 124. The highest BCUT2D eigenvalue weighted by Crippen LogP contribution is 1.97. The molecule has 3 N–H and O–H groups in total. The maximum atomic E-state index is 4.36. The van der Waals surface area contributed by atoms with Crippen LogP contribution in [0.15, 0.2) is 76.8 Å². The molecule has 0 aliphatic carbocycles. The molecule has 6 rings (SSSR count). The van der Waals surface area contributed by atoms with Crippen LogP contribution in [0.1, 0.15) is 325 Å². The van der Waals surface area contributed by atoms with Crippen molar-refractivity contribution in [1.82, 2.24) is 81.8 Å². The van der Waals surface area contributed by atoms with Gasteiger partial charge in [0, 0.05) is 0 Å². The molecular weight excluding hydrogens is 1130 g/mol. The number of aromatic nitrogens is 16. The van der Waals surface area contributed by atoms with Gasteiger partial charge in [-0.3, -0.25) is 5.10 Å². The Kier molecular flexibility index (Phi) is 181. The Morgan fingerprint density at radius 3 is 0.674 bits per heavy atom. The molecule has 0 atom stereocenters. The monoisotopic (exact) mass is 1300 g/mol. The fourth-order valence-electron chi connectivity index (χ4n) is 0.871. The lowest BCUT2D eigenvalue weighted by atomic mass is 10.2. The summed E-state index contributed by atoms with van der Waals surface area (Å²) in [4.78, 5) is 7.00. The summed E-state index contributed by atoms with van der Waals surface area (Å²) < 4.78 is 8.58. The quantitative estimate of drug-likeness (QED) is 0.140. The molecule has 0 spiro atoms. The Labute approximate surface area is 563 Å². The van der Waals surface area contributed by atoms with E-state index >= 15 is 0 Å². The van der Waals surface area contributed by atoms with Crippen LogP contribution in [0.4, 0.5) is 0 Å². The van der Waals surface area contributed by atoms with Crippen LogP contribution in [0, 0.1) is 71.0 Å². The Balaban J connectivity index is -0.0000000410. The van der Waals surface area contributed by atoms with E-state index in [1.54, 1.807) is 23.4 Å². The van der Waals surface area contributed by atoms with Gasteiger partial charge in [-0.15, -0.1) is 41.9 Å². The van der Waals surface area contributed by atoms with Crippen molar-refractivity contribution in [1.29, 1.82) is 0 Å². The number of H-pyrrole nitrogens is 3. The topological polar surface area (TPSA) is 241 Å². The molecule has 0 aliphatic rings. The van der Waals surface area contributed by atoms with Crippen LogP contribution in [-0.2, 0) is 0 Å². The average Bonchev–Trinajstić information content (AvgIpc) is 4.26. The fraction of sp³-hybridized carbons (Fsp3) is 0.843. The van der Waals surface area contributed by atoms with Crippen LogP contribution < -0.4 is 0 Å². The Morgan fingerprint density at radius 2 is 0.607 bits per heavy atom. The number of nitrogens with zero attached hydrogens (tertiary/aromatic N) is 13. The zero-order valence-corrected chi connectivity index (χ0v) is 62.9. The van der Waals surface area contributed by atoms with E-state index in [4.69, 9.17) is 0 Å². The van der Waals surface area contributed by atoms with Crippen LogP contribution in [0.3, 0.4) is 0 Å². The predicted molar refractivity (Wildman–Crippen MR) is 403 cm³/mol. The van der Waals surface area contributed by atoms with E-state index in [9.17, 15) is 0 Å². The Morgan fingerprint density at radius 1 is 0.326 bits per heavy atom. The number of rotatable bonds is 6. The van der Waals surface area contributed by atoms with Crippen LogP contribution in [0.5, 0.6) is 0 Å². The van der Waals surface area contributed by atoms with Gasteiger partial charge < -0.3 is 8.94 Å². The molecule has 89 heavy (non-hydrogen) atoms. The van der Waals surface area contributed by atoms with E-state index in [0.29, 0.717) is 0 Å². The lowest BCUT2D eigenvalue weighted by molar-refractivity contribution is 0.416. The normalized spacial score (nSPS) is 8.36. The van der Waals surface area contributed by atoms with Gasteiger partial charge in [0.2, 0.25) is 19.2 Å². The third kappa shape index (κ3) is 396. The van der Waals surface area contributed by atoms with E-state index in [-0.39, 0.29) is 37.1 Å². The van der Waals surface area contributed by atoms with Crippen LogP contribution in [0.2, 0.25) is 0 Å². The molecule has 0 amide bonds. The standard InChI is InChI=1S/6C5H12.6C4H10.2C2H3N3.2C2H2N2O.C2H2N2S.CH2N4.5CH4/c6*1-4-5(2)3;6*1-4(2)3;1-3-2-5-4-1;1-2-4-5-3-1;1-3-4-2-5-1;1-3-2-5-4-1;1-3-4-2-5-1;1-2-4-5-3-1;;;;;/h6*5H,4H2,1-3H3;6*4H,1-3H3;2*1-2H,(H,3,4,5);3*1-2H;1H,(H,2,3,4,5);5*1H4. The minimum atomic E-state index is 0. The molecule has 0 saturated heterocycles. The summed E-state index contributed by atoms with van der Waals surface area (Å²) in [5, 5.41) is 44.3. The first-order valence-corrected chi connectivity index (χ1v) is 32.3. The molecule has 6 aromatic heterocycles. The van der Waals surface area contributed by atoms with E-state index in [2.05, 4.69) is 340 Å². The van der Waals surface area contributed by atoms with Gasteiger partial charge >= 0.3 is 0 Å². The van der Waals surface area contributed by atoms with Crippen molar-refractivity contribution in [2.75, 3.05) is 0 Å². The summed E-state index contributed by atoms with van der Waals surface area (Å²) in [6, 6.07) is 0. The number of hydrogen-bond acceptors (Lipinski definition) is 16. The molecule has 0 saturated carbocycles. The van der Waals surface area contributed by atoms with Gasteiger partial charge in [-0.05, 0) is 71.0 Å². The average molecular weight is 1300 g/mol. The molecule has 0 aliphatic heterocycles. The smallest absolute Gasteiger partial charge is 0.213 e. The molecular formula is C70H166N16O2S. The van der Waals surface area contributed by atoms with Crippen LogP contribution >= 0.6 is 11.3 Å². The van der Waals surface area contributed by atoms with E-state index < -0.39 is 0 Å². The summed E-state index contributed by atoms with van der Waals surface area (Å²) in [5.74, 6) is 10.3. The van der Waals surface area contributed by atoms with Gasteiger partial charge in [0.15, 0.2) is 12.7 Å². The summed E-state index contributed by atoms with van der Waals surface area (Å²) in [7, 11) is 0. The van der Waals surface area contributed by atoms with E-state index in [0.717, 1.165) is 71.0 Å². The maximum absolute atomic E-state index is 4.36. The zero-order valence-electron chi connectivity index (χ0n) is 62.1. The van der Waals surface area contributed by atoms with Crippen molar-refractivity contribution in [3.05, 3.63) is 67.9 Å². The van der Waals surface area contributed by atoms with Gasteiger partial charge in [0.05, 0.1) is 12.4 Å². The molecule has 0 unspecified atom stereocenters. The number of hydrogen-bond donors (Lipinski definition) is 3. The first kappa shape index (κ1) is 129. The third-order valence-corrected chi connectivity index (χ3v) is 7.11. The van der Waals surface area contributed by atoms with E-state index in [1.165, 1.54) is 94.4 Å². The van der Waals surface area contributed by atoms with Gasteiger partial charge in [-0.1, -0.05) is 335 Å². The van der Waals surface area contributed by atoms with Crippen molar-refractivity contribution >= 4 is 11.3 Å². The fourth-order valence-corrected chi connectivity index (χ4v) is 1.14. The Bertz CT molecular complexity index is 1150. The van der Waals surface area contributed by atoms with Crippen molar-refractivity contribution in [3.63, 3.8) is 0 Å². The molecule has 6 aromatic rings. The number of tetrazole rings is 1. The summed E-state index contributed by atoms with van der Waals surface area (Å²) in [5.41, 5.74) is 3.36. The highest BCUT2D eigenvalue weighted by Gasteiger charge is 1.83. The highest BCUT2D eigenvalue weighted by atomic mass is 32.1. The first-order chi connectivity index (χ1) is 39.0. The SMILES string of the molecule is C.C.C.C.C.CC(C)C.CC(C)C.CC(C)C.CC(C)C.CC(C)C.CC(C)C.CCC(C)C.CCC(C)C.CCC(C)C.CCC(C)C.CCC(C)C.CCC(C)C.c1cn[nH]n1.c1nc[nH]n1.c1ncon1.c1nn[nH]n1.c1nnco1.c1nncs1. The van der Waals surface area contributed by atoms with Gasteiger partial charge in [0.25, 0.3) is 0 Å². The second-order valence-corrected chi connectivity index (χ2v) is 25.5. The largest absolute Gasteiger partial charge is 0.431 e. The lowest BCUT2D eigenvalue weighted by Gasteiger charge is -1.90. The third-order valence-electron chi connectivity index (χ3n) is 6.68. The number of aromatic amines is 3. The zero-order chi connectivity index (χ0) is 68.4. The minimum Gasteiger partial charge on any atom is -0.431 e. The summed E-state index contributed by atoms with van der Waals surface area (Å²) in [6.45, 7) is 78.9. The molecule has 6 heterocycles. The molecule has 0 bridgehead atoms. The van der Waals surface area contributed by atoms with Gasteiger partial charge in [-0.2, -0.15) is 25.7 Å². The van der Waals surface area contributed by atoms with Crippen molar-refractivity contribution in [3.8, 4) is 0 Å². The van der Waals surface area contributed by atoms with E-state index in [1.807, 2.05) is 0 Å². The summed E-state index contributed by atoms with van der Waals surface area (Å²) >= 11 is 1.49. The maximum Gasteiger partial charge on any atom is 0.213 e. The summed E-state index contributed by atoms with van der Waals surface area (Å²) in [6.07, 6.45) is 20.4. The molecule has 18 nitrogen and oxygen atoms in total. The predicted octanol–water partition coefficient (Wildman–Crippen LogP) is 25.0. The molecule has 0 fully saturated rings. The van der Waals surface area contributed by atoms with Crippen LogP contribution in [0.25, 0.3) is 0 Å². The molecule has 0 radical (unpaired) electrons. The van der Waals surface area contributed by atoms with Crippen molar-refractivity contribution in [2.24, 2.45) is 71.0 Å². The second-order valence-electron chi connectivity index (χ2n) is 24.8. The molecule has 0 aromatic carbocycles. The lowest BCUT2D eigenvalue weighted by Crippen LogP contribution is -1.77. The Hall–Kier alpha value is -4.81. The molecule has 19 heteroatoms. The number of nitrogens with one attached hydrogen (secondary N) is 3. The van der Waals surface area contributed by atoms with Crippen molar-refractivity contribution in [2.45, 2.75) is 325 Å². The van der Waals surface area contributed by atoms with Gasteiger partial charge in [-0.25, -0.2) is 9.97 Å². The van der Waals surface area contributed by atoms with Crippen molar-refractivity contribution < 1.29 is 8.94 Å². The first-order valence-electron chi connectivity index (χ1n) is 31.3. The van der Waals surface area contributed by atoms with Gasteiger partial charge in [0.1, 0.15) is 23.7 Å².